The molecule has 0 saturated heterocycles. The summed E-state index contributed by atoms with van der Waals surface area (Å²) >= 11 is 1.07. The van der Waals surface area contributed by atoms with E-state index in [0.717, 1.165) is 28.0 Å². The Morgan fingerprint density at radius 1 is 1.24 bits per heavy atom. The van der Waals surface area contributed by atoms with Gasteiger partial charge in [0.25, 0.3) is 0 Å². The number of thiazole rings is 1. The largest absolute Gasteiger partial charge is 0.487 e. The van der Waals surface area contributed by atoms with Crippen LogP contribution in [0.2, 0.25) is 0 Å². The number of hydrogen-bond acceptors (Lipinski definition) is 5. The molecule has 0 amide bonds. The monoisotopic (exact) mass is 432 g/mol. The first-order chi connectivity index (χ1) is 13.6. The fourth-order valence-electron chi connectivity index (χ4n) is 3.85. The molecule has 4 rings (SSSR count). The van der Waals surface area contributed by atoms with E-state index < -0.39 is 21.7 Å². The van der Waals surface area contributed by atoms with E-state index in [9.17, 15) is 13.2 Å². The zero-order valence-electron chi connectivity index (χ0n) is 16.9. The molecule has 0 radical (unpaired) electrons. The van der Waals surface area contributed by atoms with E-state index >= 15 is 0 Å². The van der Waals surface area contributed by atoms with Crippen molar-refractivity contribution in [1.82, 2.24) is 9.29 Å². The lowest BCUT2D eigenvalue weighted by Crippen LogP contribution is -2.41. The lowest BCUT2D eigenvalue weighted by Gasteiger charge is -2.38. The number of hydrogen-bond donors (Lipinski definition) is 1. The normalized spacial score (nSPS) is 18.4. The van der Waals surface area contributed by atoms with E-state index in [4.69, 9.17) is 4.74 Å². The van der Waals surface area contributed by atoms with Crippen molar-refractivity contribution < 1.29 is 13.2 Å². The third kappa shape index (κ3) is 3.72. The van der Waals surface area contributed by atoms with E-state index in [2.05, 4.69) is 4.72 Å². The molecule has 1 unspecified atom stereocenters. The Hall–Kier alpha value is -2.16. The second-order valence-electron chi connectivity index (χ2n) is 8.02. The first-order valence-corrected chi connectivity index (χ1v) is 11.8. The summed E-state index contributed by atoms with van der Waals surface area (Å²) in [6.45, 7) is 8.32. The third-order valence-electron chi connectivity index (χ3n) is 5.19. The summed E-state index contributed by atoms with van der Waals surface area (Å²) in [4.78, 5) is 12.2. The van der Waals surface area contributed by atoms with E-state index in [1.165, 1.54) is 0 Å². The second-order valence-corrected chi connectivity index (χ2v) is 10.7. The van der Waals surface area contributed by atoms with Gasteiger partial charge in [-0.15, -0.1) is 0 Å². The molecule has 0 fully saturated rings. The fraction of sp³-hybridized carbons (Fsp3) is 0.381. The van der Waals surface area contributed by atoms with E-state index in [1.807, 2.05) is 45.9 Å². The number of aryl methyl sites for hydroxylation is 2. The summed E-state index contributed by atoms with van der Waals surface area (Å²) in [7, 11) is -3.78. The van der Waals surface area contributed by atoms with Crippen molar-refractivity contribution >= 4 is 31.6 Å². The summed E-state index contributed by atoms with van der Waals surface area (Å²) < 4.78 is 37.6. The van der Waals surface area contributed by atoms with Crippen LogP contribution in [0.1, 0.15) is 44.4 Å². The number of rotatable bonds is 4. The molecular weight excluding hydrogens is 408 g/mol. The molecular formula is C21H24N2O4S2. The smallest absolute Gasteiger partial charge is 0.308 e. The topological polar surface area (TPSA) is 77.4 Å². The molecule has 1 aliphatic rings. The average Bonchev–Trinajstić information content (AvgIpc) is 2.95. The Bertz CT molecular complexity index is 1260. The first-order valence-electron chi connectivity index (χ1n) is 9.55. The number of nitrogens with zero attached hydrogens (tertiary/aromatic N) is 1. The molecule has 0 saturated carbocycles. The molecule has 1 N–H and O–H groups in total. The first kappa shape index (κ1) is 20.1. The van der Waals surface area contributed by atoms with Crippen LogP contribution in [0.3, 0.4) is 0 Å². The Morgan fingerprint density at radius 2 is 2.00 bits per heavy atom. The average molecular weight is 433 g/mol. The fourth-order valence-corrected chi connectivity index (χ4v) is 6.16. The van der Waals surface area contributed by atoms with Gasteiger partial charge in [-0.1, -0.05) is 29.0 Å². The van der Waals surface area contributed by atoms with Gasteiger partial charge in [0.05, 0.1) is 21.2 Å². The summed E-state index contributed by atoms with van der Waals surface area (Å²) in [5.41, 5.74) is 2.16. The molecule has 2 aromatic carbocycles. The quantitative estimate of drug-likeness (QED) is 0.677. The molecule has 0 aliphatic carbocycles. The van der Waals surface area contributed by atoms with Crippen molar-refractivity contribution in [2.24, 2.45) is 0 Å². The number of nitrogens with one attached hydrogen (secondary N) is 1. The molecule has 0 spiro atoms. The van der Waals surface area contributed by atoms with Crippen LogP contribution in [0.25, 0.3) is 10.2 Å². The van der Waals surface area contributed by atoms with Crippen LogP contribution in [0, 0.1) is 6.92 Å². The van der Waals surface area contributed by atoms with Gasteiger partial charge in [-0.05, 0) is 52.0 Å². The van der Waals surface area contributed by atoms with Crippen molar-refractivity contribution in [2.45, 2.75) is 57.2 Å². The molecule has 6 nitrogen and oxygen atoms in total. The van der Waals surface area contributed by atoms with Crippen LogP contribution in [0.5, 0.6) is 5.75 Å². The standard InChI is InChI=1S/C21H24N2O4S2/c1-5-23-17-8-7-14(11-19(17)28-20(23)24)29(25,26)22-16-12-21(3,4)27-18-9-6-13(2)10-15(16)18/h6-11,16,22H,5,12H2,1-4H3. The zero-order valence-corrected chi connectivity index (χ0v) is 18.5. The van der Waals surface area contributed by atoms with Crippen molar-refractivity contribution in [2.75, 3.05) is 0 Å². The highest BCUT2D eigenvalue weighted by Crippen LogP contribution is 2.40. The van der Waals surface area contributed by atoms with Crippen LogP contribution in [-0.2, 0) is 16.6 Å². The van der Waals surface area contributed by atoms with Gasteiger partial charge < -0.3 is 4.74 Å². The van der Waals surface area contributed by atoms with Crippen LogP contribution in [0.15, 0.2) is 46.1 Å². The molecule has 3 aromatic rings. The lowest BCUT2D eigenvalue weighted by molar-refractivity contribution is 0.0701. The minimum absolute atomic E-state index is 0.0828. The highest BCUT2D eigenvalue weighted by Gasteiger charge is 2.36. The highest BCUT2D eigenvalue weighted by atomic mass is 32.2. The Balaban J connectivity index is 1.73. The maximum Gasteiger partial charge on any atom is 0.308 e. The minimum Gasteiger partial charge on any atom is -0.487 e. The van der Waals surface area contributed by atoms with Crippen LogP contribution >= 0.6 is 11.3 Å². The van der Waals surface area contributed by atoms with Crippen molar-refractivity contribution in [3.8, 4) is 5.75 Å². The van der Waals surface area contributed by atoms with Crippen molar-refractivity contribution in [3.05, 3.63) is 57.2 Å². The summed E-state index contributed by atoms with van der Waals surface area (Å²) in [6.07, 6.45) is 0.518. The van der Waals surface area contributed by atoms with Crippen molar-refractivity contribution in [3.63, 3.8) is 0 Å². The SMILES string of the molecule is CCn1c(=O)sc2cc(S(=O)(=O)NC3CC(C)(C)Oc4ccc(C)cc43)ccc21. The molecule has 1 aliphatic heterocycles. The van der Waals surface area contributed by atoms with Gasteiger partial charge >= 0.3 is 4.87 Å². The predicted molar refractivity (Wildman–Crippen MR) is 115 cm³/mol. The van der Waals surface area contributed by atoms with Crippen LogP contribution in [-0.4, -0.2) is 18.6 Å². The Kier molecular flexibility index (Phi) is 4.83. The Labute approximate surface area is 174 Å². The third-order valence-corrected chi connectivity index (χ3v) is 7.60. The van der Waals surface area contributed by atoms with Gasteiger partial charge in [-0.2, -0.15) is 0 Å². The Morgan fingerprint density at radius 3 is 2.72 bits per heavy atom. The van der Waals surface area contributed by atoms with E-state index in [-0.39, 0.29) is 9.77 Å². The maximum atomic E-state index is 13.2. The van der Waals surface area contributed by atoms with Crippen molar-refractivity contribution in [1.29, 1.82) is 0 Å². The van der Waals surface area contributed by atoms with E-state index in [0.29, 0.717) is 23.4 Å². The molecule has 1 atom stereocenters. The molecule has 2 heterocycles. The van der Waals surface area contributed by atoms with Gasteiger partial charge in [0.2, 0.25) is 10.0 Å². The number of benzene rings is 2. The van der Waals surface area contributed by atoms with E-state index in [1.54, 1.807) is 22.8 Å². The van der Waals surface area contributed by atoms with Crippen LogP contribution < -0.4 is 14.3 Å². The predicted octanol–water partition coefficient (Wildman–Crippen LogP) is 3.97. The summed E-state index contributed by atoms with van der Waals surface area (Å²) in [5, 5.41) is 0. The van der Waals surface area contributed by atoms with Gasteiger partial charge in [-0.3, -0.25) is 9.36 Å². The molecule has 154 valence electrons. The molecule has 0 bridgehead atoms. The minimum atomic E-state index is -3.78. The number of aromatic nitrogens is 1. The summed E-state index contributed by atoms with van der Waals surface area (Å²) in [6, 6.07) is 10.3. The highest BCUT2D eigenvalue weighted by molar-refractivity contribution is 7.89. The van der Waals surface area contributed by atoms with Gasteiger partial charge in [-0.25, -0.2) is 13.1 Å². The van der Waals surface area contributed by atoms with Crippen LogP contribution in [0.4, 0.5) is 0 Å². The number of fused-ring (bicyclic) bond motifs is 2. The van der Waals surface area contributed by atoms with Gasteiger partial charge in [0, 0.05) is 18.5 Å². The molecule has 1 aromatic heterocycles. The number of sulfonamides is 1. The van der Waals surface area contributed by atoms with Gasteiger partial charge in [0.15, 0.2) is 0 Å². The second kappa shape index (κ2) is 6.97. The zero-order chi connectivity index (χ0) is 21.0. The van der Waals surface area contributed by atoms with Gasteiger partial charge in [0.1, 0.15) is 11.4 Å². The molecule has 8 heteroatoms. The summed E-state index contributed by atoms with van der Waals surface area (Å²) in [5.74, 6) is 0.702. The number of ether oxygens (including phenoxy) is 1. The lowest BCUT2D eigenvalue weighted by atomic mass is 9.89. The maximum absolute atomic E-state index is 13.2. The molecule has 29 heavy (non-hydrogen) atoms.